The second-order valence-electron chi connectivity index (χ2n) is 5.79. The van der Waals surface area contributed by atoms with Crippen LogP contribution in [-0.4, -0.2) is 18.3 Å². The molecule has 0 aromatic heterocycles. The van der Waals surface area contributed by atoms with Gasteiger partial charge in [0.05, 0.1) is 0 Å². The average Bonchev–Trinajstić information content (AvgIpc) is 2.56. The lowest BCUT2D eigenvalue weighted by atomic mass is 9.76. The van der Waals surface area contributed by atoms with E-state index in [0.717, 1.165) is 11.1 Å². The zero-order valence-corrected chi connectivity index (χ0v) is 13.0. The Morgan fingerprint density at radius 3 is 1.57 bits per heavy atom. The SMILES string of the molecule is CC(Cc1ccccc1)(Cc1ccccc1)C(N=C=O)N=C=O. The van der Waals surface area contributed by atoms with Crippen LogP contribution in [-0.2, 0) is 22.4 Å². The second kappa shape index (κ2) is 8.00. The van der Waals surface area contributed by atoms with Crippen molar-refractivity contribution in [2.75, 3.05) is 0 Å². The molecule has 4 nitrogen and oxygen atoms in total. The molecule has 0 heterocycles. The summed E-state index contributed by atoms with van der Waals surface area (Å²) < 4.78 is 0. The molecule has 116 valence electrons. The smallest absolute Gasteiger partial charge is 0.211 e. The van der Waals surface area contributed by atoms with E-state index in [4.69, 9.17) is 0 Å². The molecule has 0 aliphatic carbocycles. The van der Waals surface area contributed by atoms with Gasteiger partial charge in [0, 0.05) is 5.41 Å². The van der Waals surface area contributed by atoms with E-state index in [1.54, 1.807) is 0 Å². The molecule has 2 aromatic carbocycles. The van der Waals surface area contributed by atoms with Gasteiger partial charge in [-0.2, -0.15) is 9.98 Å². The topological polar surface area (TPSA) is 58.9 Å². The fourth-order valence-corrected chi connectivity index (χ4v) is 2.81. The fraction of sp³-hybridized carbons (Fsp3) is 0.263. The molecular weight excluding hydrogens is 288 g/mol. The number of aliphatic imine (C=N–C) groups is 2. The van der Waals surface area contributed by atoms with Gasteiger partial charge in [0.25, 0.3) is 0 Å². The third kappa shape index (κ3) is 4.58. The summed E-state index contributed by atoms with van der Waals surface area (Å²) in [4.78, 5) is 29.0. The van der Waals surface area contributed by atoms with Gasteiger partial charge < -0.3 is 0 Å². The van der Waals surface area contributed by atoms with Crippen molar-refractivity contribution in [2.45, 2.75) is 25.9 Å². The predicted octanol–water partition coefficient (Wildman–Crippen LogP) is 3.48. The summed E-state index contributed by atoms with van der Waals surface area (Å²) in [5.41, 5.74) is 1.66. The Hall–Kier alpha value is -2.80. The Morgan fingerprint density at radius 2 is 1.22 bits per heavy atom. The molecule has 0 aliphatic heterocycles. The number of hydrogen-bond acceptors (Lipinski definition) is 4. The van der Waals surface area contributed by atoms with Crippen LogP contribution in [0, 0.1) is 5.41 Å². The summed E-state index contributed by atoms with van der Waals surface area (Å²) in [6.07, 6.45) is 3.51. The lowest BCUT2D eigenvalue weighted by Crippen LogP contribution is -2.34. The monoisotopic (exact) mass is 306 g/mol. The van der Waals surface area contributed by atoms with Gasteiger partial charge in [-0.3, -0.25) is 0 Å². The maximum absolute atomic E-state index is 10.8. The van der Waals surface area contributed by atoms with Crippen molar-refractivity contribution in [1.82, 2.24) is 0 Å². The standard InChI is InChI=1S/C19H18N2O2/c1-19(18(20-14-22)21-15-23,12-16-8-4-2-5-9-16)13-17-10-6-3-7-11-17/h2-11,18H,12-13H2,1H3. The van der Waals surface area contributed by atoms with Crippen molar-refractivity contribution in [3.63, 3.8) is 0 Å². The van der Waals surface area contributed by atoms with Gasteiger partial charge in [-0.25, -0.2) is 9.59 Å². The molecule has 4 heteroatoms. The molecule has 2 rings (SSSR count). The minimum Gasteiger partial charge on any atom is -0.211 e. The van der Waals surface area contributed by atoms with Gasteiger partial charge in [0.2, 0.25) is 12.2 Å². The first-order chi connectivity index (χ1) is 11.2. The van der Waals surface area contributed by atoms with Crippen LogP contribution in [0.3, 0.4) is 0 Å². The first-order valence-corrected chi connectivity index (χ1v) is 7.40. The molecule has 0 atom stereocenters. The molecule has 0 aliphatic rings. The average molecular weight is 306 g/mol. The Bertz CT molecular complexity index is 656. The molecule has 0 saturated carbocycles. The van der Waals surface area contributed by atoms with E-state index in [2.05, 4.69) is 9.98 Å². The Kier molecular flexibility index (Phi) is 5.76. The molecule has 0 N–H and O–H groups in total. The van der Waals surface area contributed by atoms with Crippen LogP contribution in [0.15, 0.2) is 70.6 Å². The zero-order valence-electron chi connectivity index (χ0n) is 13.0. The molecule has 0 fully saturated rings. The van der Waals surface area contributed by atoms with E-state index in [1.807, 2.05) is 67.6 Å². The second-order valence-corrected chi connectivity index (χ2v) is 5.79. The minimum atomic E-state index is -0.807. The van der Waals surface area contributed by atoms with Crippen LogP contribution in [0.5, 0.6) is 0 Å². The molecule has 0 unspecified atom stereocenters. The molecule has 23 heavy (non-hydrogen) atoms. The predicted molar refractivity (Wildman–Crippen MR) is 88.4 cm³/mol. The van der Waals surface area contributed by atoms with E-state index in [1.165, 1.54) is 12.2 Å². The summed E-state index contributed by atoms with van der Waals surface area (Å²) in [5, 5.41) is 0. The first-order valence-electron chi connectivity index (χ1n) is 7.40. The van der Waals surface area contributed by atoms with Crippen molar-refractivity contribution in [2.24, 2.45) is 15.4 Å². The number of hydrogen-bond donors (Lipinski definition) is 0. The van der Waals surface area contributed by atoms with Gasteiger partial charge in [0.15, 0.2) is 6.17 Å². The van der Waals surface area contributed by atoms with Crippen LogP contribution in [0.4, 0.5) is 0 Å². The quantitative estimate of drug-likeness (QED) is 0.581. The summed E-state index contributed by atoms with van der Waals surface area (Å²) in [7, 11) is 0. The van der Waals surface area contributed by atoms with E-state index < -0.39 is 11.6 Å². The Balaban J connectivity index is 2.39. The summed E-state index contributed by atoms with van der Waals surface area (Å²) in [6, 6.07) is 19.8. The zero-order chi connectivity index (χ0) is 16.5. The number of carbonyl (C=O) groups excluding carboxylic acids is 2. The maximum Gasteiger partial charge on any atom is 0.237 e. The van der Waals surface area contributed by atoms with Crippen LogP contribution in [0.1, 0.15) is 18.1 Å². The number of benzene rings is 2. The summed E-state index contributed by atoms with van der Waals surface area (Å²) in [5.74, 6) is 0. The molecule has 0 amide bonds. The van der Waals surface area contributed by atoms with Crippen LogP contribution in [0.25, 0.3) is 0 Å². The largest absolute Gasteiger partial charge is 0.237 e. The van der Waals surface area contributed by atoms with Gasteiger partial charge in [0.1, 0.15) is 0 Å². The van der Waals surface area contributed by atoms with E-state index in [-0.39, 0.29) is 0 Å². The normalized spacial score (nSPS) is 11.9. The minimum absolute atomic E-state index is 0.530. The van der Waals surface area contributed by atoms with Crippen molar-refractivity contribution in [3.05, 3.63) is 71.8 Å². The van der Waals surface area contributed by atoms with Gasteiger partial charge in [-0.1, -0.05) is 67.6 Å². The lowest BCUT2D eigenvalue weighted by Gasteiger charge is -2.32. The Morgan fingerprint density at radius 1 is 0.826 bits per heavy atom. The number of rotatable bonds is 7. The van der Waals surface area contributed by atoms with E-state index in [9.17, 15) is 9.59 Å². The molecular formula is C19H18N2O2. The highest BCUT2D eigenvalue weighted by Gasteiger charge is 2.35. The fourth-order valence-electron chi connectivity index (χ4n) is 2.81. The molecule has 0 saturated heterocycles. The highest BCUT2D eigenvalue weighted by molar-refractivity contribution is 5.38. The molecule has 0 bridgehead atoms. The van der Waals surface area contributed by atoms with Crippen molar-refractivity contribution in [1.29, 1.82) is 0 Å². The van der Waals surface area contributed by atoms with Gasteiger partial charge >= 0.3 is 0 Å². The van der Waals surface area contributed by atoms with Crippen LogP contribution < -0.4 is 0 Å². The molecule has 2 aromatic rings. The summed E-state index contributed by atoms with van der Waals surface area (Å²) in [6.45, 7) is 1.97. The summed E-state index contributed by atoms with van der Waals surface area (Å²) >= 11 is 0. The third-order valence-electron chi connectivity index (χ3n) is 3.87. The molecule has 0 spiro atoms. The number of nitrogens with zero attached hydrogens (tertiary/aromatic N) is 2. The van der Waals surface area contributed by atoms with Crippen molar-refractivity contribution < 1.29 is 9.59 Å². The van der Waals surface area contributed by atoms with Crippen LogP contribution in [0.2, 0.25) is 0 Å². The van der Waals surface area contributed by atoms with E-state index >= 15 is 0 Å². The Labute approximate surface area is 135 Å². The highest BCUT2D eigenvalue weighted by atomic mass is 16.1. The van der Waals surface area contributed by atoms with Crippen LogP contribution >= 0.6 is 0 Å². The lowest BCUT2D eigenvalue weighted by molar-refractivity contribution is 0.255. The maximum atomic E-state index is 10.8. The highest BCUT2D eigenvalue weighted by Crippen LogP contribution is 2.33. The number of isocyanates is 2. The third-order valence-corrected chi connectivity index (χ3v) is 3.87. The van der Waals surface area contributed by atoms with E-state index in [0.29, 0.717) is 12.8 Å². The van der Waals surface area contributed by atoms with Gasteiger partial charge in [-0.05, 0) is 24.0 Å². The molecule has 0 radical (unpaired) electrons. The van der Waals surface area contributed by atoms with Crippen molar-refractivity contribution in [3.8, 4) is 0 Å². The first kappa shape index (κ1) is 16.6. The van der Waals surface area contributed by atoms with Crippen molar-refractivity contribution >= 4 is 12.2 Å². The van der Waals surface area contributed by atoms with Gasteiger partial charge in [-0.15, -0.1) is 0 Å².